The highest BCUT2D eigenvalue weighted by atomic mass is 79.9. The van der Waals surface area contributed by atoms with Gasteiger partial charge in [0.15, 0.2) is 5.65 Å². The van der Waals surface area contributed by atoms with Crippen LogP contribution >= 0.6 is 15.9 Å². The molecule has 0 unspecified atom stereocenters. The molecule has 3 N–H and O–H groups in total. The van der Waals surface area contributed by atoms with Gasteiger partial charge in [-0.3, -0.25) is 4.90 Å². The lowest BCUT2D eigenvalue weighted by Crippen LogP contribution is -2.35. The highest BCUT2D eigenvalue weighted by Gasteiger charge is 2.19. The van der Waals surface area contributed by atoms with Gasteiger partial charge in [0.1, 0.15) is 0 Å². The van der Waals surface area contributed by atoms with Crippen molar-refractivity contribution in [1.82, 2.24) is 24.5 Å². The van der Waals surface area contributed by atoms with Crippen LogP contribution in [-0.4, -0.2) is 62.5 Å². The molecule has 10 heteroatoms. The van der Waals surface area contributed by atoms with E-state index in [1.807, 2.05) is 0 Å². The number of nitrogens with one attached hydrogen (secondary N) is 3. The summed E-state index contributed by atoms with van der Waals surface area (Å²) < 4.78 is 7.95. The second kappa shape index (κ2) is 9.51. The predicted molar refractivity (Wildman–Crippen MR) is 128 cm³/mol. The molecule has 2 aliphatic rings. The largest absolute Gasteiger partial charge is 0.379 e. The van der Waals surface area contributed by atoms with Crippen LogP contribution in [0.15, 0.2) is 34.9 Å². The average molecular weight is 499 g/mol. The Kier molecular flexibility index (Phi) is 6.33. The number of hydrogen-bond donors (Lipinski definition) is 3. The fourth-order valence-electron chi connectivity index (χ4n) is 4.13. The zero-order chi connectivity index (χ0) is 21.9. The number of ether oxygens (including phenoxy) is 1. The SMILES string of the molecule is N=C1CCC(Nc2nc(Nc3ccc(CN4CCOCC4)cc3)n3ncc(Br)c3n2)CC1. The average Bonchev–Trinajstić information content (AvgIpc) is 3.18. The van der Waals surface area contributed by atoms with Gasteiger partial charge in [-0.25, -0.2) is 0 Å². The molecule has 1 aliphatic carbocycles. The van der Waals surface area contributed by atoms with E-state index >= 15 is 0 Å². The summed E-state index contributed by atoms with van der Waals surface area (Å²) in [5.41, 5.74) is 3.76. The van der Waals surface area contributed by atoms with Crippen LogP contribution in [0.1, 0.15) is 31.2 Å². The molecule has 0 bridgehead atoms. The first-order chi connectivity index (χ1) is 15.6. The molecule has 5 rings (SSSR count). The molecular formula is C22H27BrN8O. The molecule has 1 aliphatic heterocycles. The molecule has 2 aromatic heterocycles. The molecular weight excluding hydrogens is 472 g/mol. The fraction of sp³-hybridized carbons (Fsp3) is 0.455. The second-order valence-electron chi connectivity index (χ2n) is 8.33. The van der Waals surface area contributed by atoms with Crippen LogP contribution in [0, 0.1) is 5.41 Å². The van der Waals surface area contributed by atoms with Gasteiger partial charge >= 0.3 is 0 Å². The summed E-state index contributed by atoms with van der Waals surface area (Å²) in [6.07, 6.45) is 5.26. The Hall–Kier alpha value is -2.56. The van der Waals surface area contributed by atoms with Crippen molar-refractivity contribution in [3.8, 4) is 0 Å². The van der Waals surface area contributed by atoms with Gasteiger partial charge in [-0.2, -0.15) is 19.6 Å². The van der Waals surface area contributed by atoms with Crippen molar-refractivity contribution in [2.75, 3.05) is 36.9 Å². The Bertz CT molecular complexity index is 1080. The maximum atomic E-state index is 7.82. The third-order valence-corrected chi connectivity index (χ3v) is 6.53. The zero-order valence-electron chi connectivity index (χ0n) is 17.9. The van der Waals surface area contributed by atoms with Crippen molar-refractivity contribution in [3.05, 3.63) is 40.5 Å². The Morgan fingerprint density at radius 2 is 1.84 bits per heavy atom. The summed E-state index contributed by atoms with van der Waals surface area (Å²) in [7, 11) is 0. The molecule has 1 aromatic carbocycles. The summed E-state index contributed by atoms with van der Waals surface area (Å²) >= 11 is 3.54. The van der Waals surface area contributed by atoms with E-state index in [1.54, 1.807) is 10.7 Å². The number of aromatic nitrogens is 4. The van der Waals surface area contributed by atoms with Crippen molar-refractivity contribution in [3.63, 3.8) is 0 Å². The van der Waals surface area contributed by atoms with Crippen molar-refractivity contribution in [1.29, 1.82) is 5.41 Å². The number of hydrogen-bond acceptors (Lipinski definition) is 8. The number of morpholine rings is 1. The van der Waals surface area contributed by atoms with Crippen molar-refractivity contribution in [2.24, 2.45) is 0 Å². The van der Waals surface area contributed by atoms with E-state index in [1.165, 1.54) is 5.56 Å². The lowest BCUT2D eigenvalue weighted by atomic mass is 9.94. The van der Waals surface area contributed by atoms with Crippen molar-refractivity contribution < 1.29 is 4.74 Å². The van der Waals surface area contributed by atoms with Crippen LogP contribution in [0.4, 0.5) is 17.6 Å². The summed E-state index contributed by atoms with van der Waals surface area (Å²) in [6, 6.07) is 8.71. The van der Waals surface area contributed by atoms with Crippen LogP contribution in [0.2, 0.25) is 0 Å². The molecule has 0 spiro atoms. The number of nitrogens with zero attached hydrogens (tertiary/aromatic N) is 5. The van der Waals surface area contributed by atoms with Gasteiger partial charge in [0.25, 0.3) is 0 Å². The van der Waals surface area contributed by atoms with E-state index in [0.717, 1.165) is 74.4 Å². The minimum atomic E-state index is 0.278. The first kappa shape index (κ1) is 21.3. The summed E-state index contributed by atoms with van der Waals surface area (Å²) in [5, 5.41) is 19.1. The molecule has 32 heavy (non-hydrogen) atoms. The standard InChI is InChI=1S/C22H27BrN8O/c23-19-13-25-31-20(19)28-21(26-17-7-3-16(24)4-8-17)29-22(31)27-18-5-1-15(2-6-18)14-30-9-11-32-12-10-30/h1-2,5-6,13,17,24H,3-4,7-12,14H2,(H2,26,27,28,29). The maximum absolute atomic E-state index is 7.82. The molecule has 168 valence electrons. The molecule has 0 atom stereocenters. The van der Waals surface area contributed by atoms with Crippen LogP contribution in [-0.2, 0) is 11.3 Å². The van der Waals surface area contributed by atoms with Crippen LogP contribution in [0.3, 0.4) is 0 Å². The van der Waals surface area contributed by atoms with Crippen molar-refractivity contribution >= 4 is 44.9 Å². The van der Waals surface area contributed by atoms with E-state index in [4.69, 9.17) is 15.1 Å². The molecule has 3 aromatic rings. The number of anilines is 3. The number of benzene rings is 1. The lowest BCUT2D eigenvalue weighted by Gasteiger charge is -2.26. The van der Waals surface area contributed by atoms with E-state index in [-0.39, 0.29) is 6.04 Å². The normalized spacial score (nSPS) is 19.9. The van der Waals surface area contributed by atoms with E-state index in [2.05, 4.69) is 65.8 Å². The van der Waals surface area contributed by atoms with E-state index in [9.17, 15) is 0 Å². The predicted octanol–water partition coefficient (Wildman–Crippen LogP) is 3.84. The maximum Gasteiger partial charge on any atom is 0.233 e. The molecule has 2 fully saturated rings. The van der Waals surface area contributed by atoms with E-state index < -0.39 is 0 Å². The van der Waals surface area contributed by atoms with Gasteiger partial charge in [0.2, 0.25) is 11.9 Å². The molecule has 0 amide bonds. The fourth-order valence-corrected chi connectivity index (χ4v) is 4.48. The first-order valence-corrected chi connectivity index (χ1v) is 11.8. The molecule has 9 nitrogen and oxygen atoms in total. The Morgan fingerprint density at radius 1 is 1.09 bits per heavy atom. The molecule has 3 heterocycles. The lowest BCUT2D eigenvalue weighted by molar-refractivity contribution is 0.0342. The zero-order valence-corrected chi connectivity index (χ0v) is 19.4. The molecule has 1 saturated carbocycles. The number of rotatable bonds is 6. The number of fused-ring (bicyclic) bond motifs is 1. The monoisotopic (exact) mass is 498 g/mol. The Labute approximate surface area is 195 Å². The van der Waals surface area contributed by atoms with Crippen LogP contribution in [0.25, 0.3) is 5.65 Å². The topological polar surface area (TPSA) is 103 Å². The summed E-state index contributed by atoms with van der Waals surface area (Å²) in [6.45, 7) is 4.50. The first-order valence-electron chi connectivity index (χ1n) is 11.0. The van der Waals surface area contributed by atoms with Crippen molar-refractivity contribution in [2.45, 2.75) is 38.3 Å². The Balaban J connectivity index is 1.33. The third-order valence-electron chi connectivity index (χ3n) is 5.97. The van der Waals surface area contributed by atoms with Gasteiger partial charge in [-0.05, 0) is 59.3 Å². The van der Waals surface area contributed by atoms with Gasteiger partial charge in [-0.1, -0.05) is 12.1 Å². The van der Waals surface area contributed by atoms with Crippen LogP contribution < -0.4 is 10.6 Å². The summed E-state index contributed by atoms with van der Waals surface area (Å²) in [4.78, 5) is 11.8. The summed E-state index contributed by atoms with van der Waals surface area (Å²) in [5.74, 6) is 1.18. The van der Waals surface area contributed by atoms with Gasteiger partial charge < -0.3 is 20.8 Å². The number of halogens is 1. The van der Waals surface area contributed by atoms with E-state index in [0.29, 0.717) is 17.5 Å². The molecule has 0 radical (unpaired) electrons. The van der Waals surface area contributed by atoms with Gasteiger partial charge in [-0.15, -0.1) is 0 Å². The van der Waals surface area contributed by atoms with Crippen LogP contribution in [0.5, 0.6) is 0 Å². The highest BCUT2D eigenvalue weighted by Crippen LogP contribution is 2.24. The third kappa shape index (κ3) is 4.92. The van der Waals surface area contributed by atoms with Gasteiger partial charge in [0, 0.05) is 37.1 Å². The Morgan fingerprint density at radius 3 is 2.59 bits per heavy atom. The van der Waals surface area contributed by atoms with Gasteiger partial charge in [0.05, 0.1) is 23.9 Å². The quantitative estimate of drug-likeness (QED) is 0.474. The second-order valence-corrected chi connectivity index (χ2v) is 9.19. The minimum absolute atomic E-state index is 0.278. The highest BCUT2D eigenvalue weighted by molar-refractivity contribution is 9.10. The minimum Gasteiger partial charge on any atom is -0.379 e. The smallest absolute Gasteiger partial charge is 0.233 e. The molecule has 1 saturated heterocycles.